The van der Waals surface area contributed by atoms with Gasteiger partial charge in [-0.3, -0.25) is 14.4 Å². The Morgan fingerprint density at radius 2 is 2.10 bits per heavy atom. The third kappa shape index (κ3) is 2.96. The van der Waals surface area contributed by atoms with Crippen molar-refractivity contribution in [1.82, 2.24) is 30.5 Å². The average molecular weight is 280 g/mol. The number of amides is 3. The summed E-state index contributed by atoms with van der Waals surface area (Å²) >= 11 is 0. The summed E-state index contributed by atoms with van der Waals surface area (Å²) in [5.41, 5.74) is 0.0136. The van der Waals surface area contributed by atoms with Crippen molar-refractivity contribution in [3.8, 4) is 0 Å². The molecule has 0 atom stereocenters. The molecule has 20 heavy (non-hydrogen) atoms. The van der Waals surface area contributed by atoms with Gasteiger partial charge in [-0.2, -0.15) is 0 Å². The number of urea groups is 1. The molecule has 1 aromatic heterocycles. The Balaban J connectivity index is 1.91. The molecule has 2 N–H and O–H groups in total. The van der Waals surface area contributed by atoms with Gasteiger partial charge in [0.15, 0.2) is 0 Å². The highest BCUT2D eigenvalue weighted by Crippen LogP contribution is 2.16. The van der Waals surface area contributed by atoms with Crippen molar-refractivity contribution in [3.05, 3.63) is 11.9 Å². The smallest absolute Gasteiger partial charge is 0.324 e. The molecular formula is C12H20N6O2. The fraction of sp³-hybridized carbons (Fsp3) is 0.667. The van der Waals surface area contributed by atoms with Gasteiger partial charge in [0.05, 0.1) is 18.8 Å². The van der Waals surface area contributed by atoms with Crippen LogP contribution in [0.1, 0.15) is 26.5 Å². The molecule has 1 aliphatic heterocycles. The van der Waals surface area contributed by atoms with Crippen molar-refractivity contribution >= 4 is 11.9 Å². The Morgan fingerprint density at radius 3 is 2.70 bits per heavy atom. The van der Waals surface area contributed by atoms with Crippen LogP contribution in [0.3, 0.4) is 0 Å². The Morgan fingerprint density at radius 1 is 1.35 bits per heavy atom. The van der Waals surface area contributed by atoms with Crippen molar-refractivity contribution in [1.29, 1.82) is 0 Å². The largest absolute Gasteiger partial charge is 0.325 e. The first-order valence-corrected chi connectivity index (χ1v) is 6.68. The topological polar surface area (TPSA) is 92.2 Å². The SMILES string of the molecule is CCNCc1cn(CCN2C(=O)NC(C)(C)C2=O)nn1. The summed E-state index contributed by atoms with van der Waals surface area (Å²) in [5, 5.41) is 13.8. The summed E-state index contributed by atoms with van der Waals surface area (Å²) in [6.07, 6.45) is 1.81. The third-order valence-electron chi connectivity index (χ3n) is 3.14. The van der Waals surface area contributed by atoms with Crippen molar-refractivity contribution in [2.24, 2.45) is 0 Å². The number of hydrogen-bond acceptors (Lipinski definition) is 5. The lowest BCUT2D eigenvalue weighted by molar-refractivity contribution is -0.130. The van der Waals surface area contributed by atoms with Gasteiger partial charge in [-0.1, -0.05) is 12.1 Å². The lowest BCUT2D eigenvalue weighted by Crippen LogP contribution is -2.40. The van der Waals surface area contributed by atoms with Crippen molar-refractivity contribution in [3.63, 3.8) is 0 Å². The Labute approximate surface area is 117 Å². The summed E-state index contributed by atoms with van der Waals surface area (Å²) < 4.78 is 1.64. The van der Waals surface area contributed by atoms with Gasteiger partial charge >= 0.3 is 6.03 Å². The van der Waals surface area contributed by atoms with E-state index in [1.807, 2.05) is 13.1 Å². The van der Waals surface area contributed by atoms with Crippen LogP contribution in [-0.4, -0.2) is 50.5 Å². The second-order valence-corrected chi connectivity index (χ2v) is 5.27. The van der Waals surface area contributed by atoms with E-state index in [1.54, 1.807) is 18.5 Å². The van der Waals surface area contributed by atoms with Crippen LogP contribution in [0.2, 0.25) is 0 Å². The minimum Gasteiger partial charge on any atom is -0.324 e. The Bertz CT molecular complexity index is 510. The molecule has 0 saturated carbocycles. The second-order valence-electron chi connectivity index (χ2n) is 5.27. The number of carbonyl (C=O) groups excluding carboxylic acids is 2. The Hall–Kier alpha value is -1.96. The molecule has 0 bridgehead atoms. The van der Waals surface area contributed by atoms with Crippen LogP contribution in [0.5, 0.6) is 0 Å². The first-order valence-electron chi connectivity index (χ1n) is 6.68. The zero-order valence-electron chi connectivity index (χ0n) is 12.0. The zero-order valence-corrected chi connectivity index (χ0v) is 12.0. The molecule has 0 spiro atoms. The van der Waals surface area contributed by atoms with E-state index in [9.17, 15) is 9.59 Å². The highest BCUT2D eigenvalue weighted by Gasteiger charge is 2.43. The highest BCUT2D eigenvalue weighted by atomic mass is 16.2. The molecule has 1 aromatic rings. The van der Waals surface area contributed by atoms with E-state index in [2.05, 4.69) is 20.9 Å². The molecule has 0 aliphatic carbocycles. The highest BCUT2D eigenvalue weighted by molar-refractivity contribution is 6.06. The number of aromatic nitrogens is 3. The molecule has 0 aromatic carbocycles. The molecule has 1 fully saturated rings. The summed E-state index contributed by atoms with van der Waals surface area (Å²) in [6.45, 7) is 7.65. The number of hydrogen-bond donors (Lipinski definition) is 2. The summed E-state index contributed by atoms with van der Waals surface area (Å²) in [4.78, 5) is 24.9. The molecule has 110 valence electrons. The molecule has 0 unspecified atom stereocenters. The van der Waals surface area contributed by atoms with E-state index < -0.39 is 5.54 Å². The van der Waals surface area contributed by atoms with E-state index in [1.165, 1.54) is 4.90 Å². The van der Waals surface area contributed by atoms with Gasteiger partial charge in [0.2, 0.25) is 0 Å². The zero-order chi connectivity index (χ0) is 14.8. The van der Waals surface area contributed by atoms with Crippen LogP contribution in [0.25, 0.3) is 0 Å². The van der Waals surface area contributed by atoms with Crippen molar-refractivity contribution in [2.45, 2.75) is 39.4 Å². The predicted octanol–water partition coefficient (Wildman–Crippen LogP) is -0.282. The minimum absolute atomic E-state index is 0.213. The summed E-state index contributed by atoms with van der Waals surface area (Å²) in [6, 6.07) is -0.354. The molecule has 8 nitrogen and oxygen atoms in total. The maximum Gasteiger partial charge on any atom is 0.325 e. The standard InChI is InChI=1S/C12H20N6O2/c1-4-13-7-9-8-17(16-15-9)5-6-18-10(19)12(2,3)14-11(18)20/h8,13H,4-7H2,1-3H3,(H,14,20). The Kier molecular flexibility index (Phi) is 4.03. The first-order chi connectivity index (χ1) is 9.44. The first kappa shape index (κ1) is 14.4. The molecule has 1 saturated heterocycles. The lowest BCUT2D eigenvalue weighted by atomic mass is 10.1. The van der Waals surface area contributed by atoms with Crippen LogP contribution in [0.4, 0.5) is 4.79 Å². The lowest BCUT2D eigenvalue weighted by Gasteiger charge is -2.15. The van der Waals surface area contributed by atoms with Gasteiger partial charge in [0.25, 0.3) is 5.91 Å². The van der Waals surface area contributed by atoms with E-state index in [0.29, 0.717) is 13.1 Å². The van der Waals surface area contributed by atoms with Gasteiger partial charge < -0.3 is 10.6 Å². The number of imide groups is 1. The molecule has 2 heterocycles. The van der Waals surface area contributed by atoms with Gasteiger partial charge in [-0.05, 0) is 20.4 Å². The maximum atomic E-state index is 12.0. The quantitative estimate of drug-likeness (QED) is 0.699. The van der Waals surface area contributed by atoms with E-state index in [0.717, 1.165) is 12.2 Å². The number of nitrogens with one attached hydrogen (secondary N) is 2. The van der Waals surface area contributed by atoms with Crippen LogP contribution < -0.4 is 10.6 Å². The van der Waals surface area contributed by atoms with E-state index in [-0.39, 0.29) is 18.5 Å². The van der Waals surface area contributed by atoms with Crippen LogP contribution in [0.15, 0.2) is 6.20 Å². The van der Waals surface area contributed by atoms with Crippen molar-refractivity contribution in [2.75, 3.05) is 13.1 Å². The van der Waals surface area contributed by atoms with E-state index in [4.69, 9.17) is 0 Å². The van der Waals surface area contributed by atoms with Gasteiger partial charge in [0.1, 0.15) is 5.54 Å². The molecule has 3 amide bonds. The van der Waals surface area contributed by atoms with E-state index >= 15 is 0 Å². The summed E-state index contributed by atoms with van der Waals surface area (Å²) in [5.74, 6) is -0.213. The fourth-order valence-electron chi connectivity index (χ4n) is 2.01. The fourth-order valence-corrected chi connectivity index (χ4v) is 2.01. The van der Waals surface area contributed by atoms with Gasteiger partial charge in [-0.15, -0.1) is 5.10 Å². The number of rotatable bonds is 6. The average Bonchev–Trinajstić information content (AvgIpc) is 2.90. The normalized spacial score (nSPS) is 17.6. The monoisotopic (exact) mass is 280 g/mol. The molecule has 2 rings (SSSR count). The molecule has 0 radical (unpaired) electrons. The molecule has 8 heteroatoms. The van der Waals surface area contributed by atoms with Crippen molar-refractivity contribution < 1.29 is 9.59 Å². The number of carbonyl (C=O) groups is 2. The number of nitrogens with zero attached hydrogens (tertiary/aromatic N) is 4. The molecule has 1 aliphatic rings. The third-order valence-corrected chi connectivity index (χ3v) is 3.14. The predicted molar refractivity (Wildman–Crippen MR) is 71.7 cm³/mol. The summed E-state index contributed by atoms with van der Waals surface area (Å²) in [7, 11) is 0. The van der Waals surface area contributed by atoms with Crippen LogP contribution in [-0.2, 0) is 17.9 Å². The second kappa shape index (κ2) is 5.58. The van der Waals surface area contributed by atoms with Gasteiger partial charge in [-0.25, -0.2) is 4.79 Å². The maximum absolute atomic E-state index is 12.0. The molecular weight excluding hydrogens is 260 g/mol. The minimum atomic E-state index is -0.824. The van der Waals surface area contributed by atoms with Gasteiger partial charge in [0, 0.05) is 12.7 Å². The van der Waals surface area contributed by atoms with Crippen LogP contribution in [0, 0.1) is 0 Å². The van der Waals surface area contributed by atoms with Crippen LogP contribution >= 0.6 is 0 Å².